The van der Waals surface area contributed by atoms with Gasteiger partial charge in [0, 0.05) is 18.6 Å². The summed E-state index contributed by atoms with van der Waals surface area (Å²) in [6, 6.07) is 1.44. The number of rotatable bonds is 4. The second-order valence-corrected chi connectivity index (χ2v) is 4.74. The van der Waals surface area contributed by atoms with Crippen molar-refractivity contribution in [3.8, 4) is 0 Å². The fourth-order valence-corrected chi connectivity index (χ4v) is 2.34. The zero-order valence-electron chi connectivity index (χ0n) is 10.8. The quantitative estimate of drug-likeness (QED) is 0.752. The second kappa shape index (κ2) is 6.46. The summed E-state index contributed by atoms with van der Waals surface area (Å²) in [5, 5.41) is 3.26. The third kappa shape index (κ3) is 3.74. The molecule has 0 aromatic rings. The highest BCUT2D eigenvalue weighted by Gasteiger charge is 2.25. The van der Waals surface area contributed by atoms with Gasteiger partial charge in [0.1, 0.15) is 0 Å². The van der Waals surface area contributed by atoms with E-state index in [-0.39, 0.29) is 0 Å². The number of hydrogen-bond acceptors (Lipinski definition) is 3. The van der Waals surface area contributed by atoms with Crippen LogP contribution in [-0.2, 0) is 0 Å². The monoisotopic (exact) mass is 213 g/mol. The molecule has 0 bridgehead atoms. The summed E-state index contributed by atoms with van der Waals surface area (Å²) in [7, 11) is 4.32. The van der Waals surface area contributed by atoms with Crippen molar-refractivity contribution in [3.05, 3.63) is 0 Å². The minimum absolute atomic E-state index is 0.717. The third-order valence-electron chi connectivity index (χ3n) is 3.78. The lowest BCUT2D eigenvalue weighted by molar-refractivity contribution is 0.169. The largest absolute Gasteiger partial charge is 0.320 e. The molecule has 2 atom stereocenters. The van der Waals surface area contributed by atoms with Crippen molar-refractivity contribution in [2.75, 3.05) is 40.3 Å². The van der Waals surface area contributed by atoms with Crippen molar-refractivity contribution in [3.63, 3.8) is 0 Å². The fourth-order valence-electron chi connectivity index (χ4n) is 2.34. The Hall–Kier alpha value is -0.120. The summed E-state index contributed by atoms with van der Waals surface area (Å²) in [4.78, 5) is 5.15. The van der Waals surface area contributed by atoms with Gasteiger partial charge in [0.25, 0.3) is 0 Å². The van der Waals surface area contributed by atoms with E-state index in [2.05, 4.69) is 36.0 Å². The molecule has 3 nitrogen and oxygen atoms in total. The molecule has 0 spiro atoms. The van der Waals surface area contributed by atoms with Gasteiger partial charge in [0.05, 0.1) is 0 Å². The predicted molar refractivity (Wildman–Crippen MR) is 66.3 cm³/mol. The van der Waals surface area contributed by atoms with Crippen LogP contribution in [0.5, 0.6) is 0 Å². The molecule has 0 aromatic heterocycles. The van der Waals surface area contributed by atoms with Crippen molar-refractivity contribution in [2.45, 2.75) is 38.8 Å². The van der Waals surface area contributed by atoms with Crippen LogP contribution >= 0.6 is 0 Å². The predicted octanol–water partition coefficient (Wildman–Crippen LogP) is 1.01. The van der Waals surface area contributed by atoms with Gasteiger partial charge in [-0.2, -0.15) is 0 Å². The van der Waals surface area contributed by atoms with E-state index >= 15 is 0 Å². The van der Waals surface area contributed by atoms with Gasteiger partial charge >= 0.3 is 0 Å². The molecule has 1 aliphatic rings. The lowest BCUT2D eigenvalue weighted by atomic mass is 10.1. The lowest BCUT2D eigenvalue weighted by Gasteiger charge is -2.31. The third-order valence-corrected chi connectivity index (χ3v) is 3.78. The highest BCUT2D eigenvalue weighted by Crippen LogP contribution is 2.15. The Morgan fingerprint density at radius 2 is 2.13 bits per heavy atom. The van der Waals surface area contributed by atoms with Gasteiger partial charge in [-0.05, 0) is 53.5 Å². The molecule has 1 rings (SSSR count). The molecule has 0 amide bonds. The van der Waals surface area contributed by atoms with E-state index in [1.54, 1.807) is 0 Å². The summed E-state index contributed by atoms with van der Waals surface area (Å²) in [6.45, 7) is 9.43. The van der Waals surface area contributed by atoms with Gasteiger partial charge in [-0.15, -0.1) is 0 Å². The Morgan fingerprint density at radius 3 is 2.73 bits per heavy atom. The minimum atomic E-state index is 0.717. The smallest absolute Gasteiger partial charge is 0.0235 e. The number of likely N-dealkylation sites (N-methyl/N-ethyl adjacent to an activating group) is 2. The first-order valence-electron chi connectivity index (χ1n) is 6.28. The van der Waals surface area contributed by atoms with Gasteiger partial charge < -0.3 is 10.2 Å². The number of nitrogens with zero attached hydrogens (tertiary/aromatic N) is 2. The van der Waals surface area contributed by atoms with E-state index < -0.39 is 0 Å². The topological polar surface area (TPSA) is 18.5 Å². The van der Waals surface area contributed by atoms with Crippen LogP contribution in [0.1, 0.15) is 26.7 Å². The van der Waals surface area contributed by atoms with Crippen LogP contribution in [-0.4, -0.2) is 62.2 Å². The standard InChI is InChI=1S/C12H27N3/c1-5-15-9-7-11(2)14(4)12(10-15)6-8-13-3/h11-13H,5-10H2,1-4H3. The maximum Gasteiger partial charge on any atom is 0.0235 e. The first kappa shape index (κ1) is 12.9. The summed E-state index contributed by atoms with van der Waals surface area (Å²) < 4.78 is 0. The van der Waals surface area contributed by atoms with Crippen molar-refractivity contribution >= 4 is 0 Å². The molecular formula is C12H27N3. The summed E-state index contributed by atoms with van der Waals surface area (Å²) in [5.41, 5.74) is 0. The Morgan fingerprint density at radius 1 is 1.40 bits per heavy atom. The zero-order chi connectivity index (χ0) is 11.3. The molecule has 3 heteroatoms. The van der Waals surface area contributed by atoms with Crippen LogP contribution in [0.15, 0.2) is 0 Å². The van der Waals surface area contributed by atoms with E-state index in [1.807, 2.05) is 7.05 Å². The Labute approximate surface area is 94.8 Å². The van der Waals surface area contributed by atoms with Gasteiger partial charge in [0.2, 0.25) is 0 Å². The maximum absolute atomic E-state index is 3.26. The molecule has 0 radical (unpaired) electrons. The molecule has 1 saturated heterocycles. The average molecular weight is 213 g/mol. The molecule has 2 unspecified atom stereocenters. The summed E-state index contributed by atoms with van der Waals surface area (Å²) >= 11 is 0. The van der Waals surface area contributed by atoms with Crippen LogP contribution < -0.4 is 5.32 Å². The van der Waals surface area contributed by atoms with E-state index in [0.717, 1.165) is 18.6 Å². The van der Waals surface area contributed by atoms with Gasteiger partial charge in [-0.1, -0.05) is 6.92 Å². The zero-order valence-corrected chi connectivity index (χ0v) is 10.8. The van der Waals surface area contributed by atoms with E-state index in [9.17, 15) is 0 Å². The van der Waals surface area contributed by atoms with Gasteiger partial charge in [-0.3, -0.25) is 4.90 Å². The molecule has 0 aliphatic carbocycles. The van der Waals surface area contributed by atoms with Crippen LogP contribution in [0, 0.1) is 0 Å². The van der Waals surface area contributed by atoms with Crippen molar-refractivity contribution in [1.82, 2.24) is 15.1 Å². The van der Waals surface area contributed by atoms with Crippen molar-refractivity contribution in [2.24, 2.45) is 0 Å². The Balaban J connectivity index is 2.53. The Bertz CT molecular complexity index is 172. The molecule has 1 aliphatic heterocycles. The van der Waals surface area contributed by atoms with Gasteiger partial charge in [0.15, 0.2) is 0 Å². The Kier molecular flexibility index (Phi) is 5.58. The van der Waals surface area contributed by atoms with Gasteiger partial charge in [-0.25, -0.2) is 0 Å². The molecule has 15 heavy (non-hydrogen) atoms. The van der Waals surface area contributed by atoms with Crippen LogP contribution in [0.4, 0.5) is 0 Å². The first-order valence-corrected chi connectivity index (χ1v) is 6.28. The molecule has 90 valence electrons. The number of hydrogen-bond donors (Lipinski definition) is 1. The number of nitrogens with one attached hydrogen (secondary N) is 1. The SMILES string of the molecule is CCN1CCC(C)N(C)C(CCNC)C1. The van der Waals surface area contributed by atoms with Crippen LogP contribution in [0.3, 0.4) is 0 Å². The van der Waals surface area contributed by atoms with Crippen molar-refractivity contribution < 1.29 is 0 Å². The summed E-state index contributed by atoms with van der Waals surface area (Å²) in [6.07, 6.45) is 2.56. The van der Waals surface area contributed by atoms with Crippen molar-refractivity contribution in [1.29, 1.82) is 0 Å². The normalized spacial score (nSPS) is 30.4. The molecule has 0 saturated carbocycles. The van der Waals surface area contributed by atoms with E-state index in [0.29, 0.717) is 0 Å². The maximum atomic E-state index is 3.26. The molecule has 0 aromatic carbocycles. The average Bonchev–Trinajstić information content (AvgIpc) is 2.38. The lowest BCUT2D eigenvalue weighted by Crippen LogP contribution is -2.43. The fraction of sp³-hybridized carbons (Fsp3) is 1.00. The molecule has 1 fully saturated rings. The van der Waals surface area contributed by atoms with Crippen LogP contribution in [0.25, 0.3) is 0 Å². The second-order valence-electron chi connectivity index (χ2n) is 4.74. The van der Waals surface area contributed by atoms with E-state index in [4.69, 9.17) is 0 Å². The van der Waals surface area contributed by atoms with Crippen LogP contribution in [0.2, 0.25) is 0 Å². The first-order chi connectivity index (χ1) is 7.19. The summed E-state index contributed by atoms with van der Waals surface area (Å²) in [5.74, 6) is 0. The minimum Gasteiger partial charge on any atom is -0.320 e. The molecule has 1 N–H and O–H groups in total. The highest BCUT2D eigenvalue weighted by molar-refractivity contribution is 4.82. The van der Waals surface area contributed by atoms with E-state index in [1.165, 1.54) is 32.5 Å². The highest BCUT2D eigenvalue weighted by atomic mass is 15.2. The molecule has 1 heterocycles. The molecular weight excluding hydrogens is 186 g/mol.